The van der Waals surface area contributed by atoms with Crippen molar-refractivity contribution in [3.8, 4) is 9.88 Å². The molecular formula is C17H15N3O3S3. The highest BCUT2D eigenvalue weighted by Crippen LogP contribution is 2.28. The van der Waals surface area contributed by atoms with E-state index in [2.05, 4.69) is 15.0 Å². The number of thiophene rings is 1. The van der Waals surface area contributed by atoms with Crippen LogP contribution in [0.3, 0.4) is 0 Å². The zero-order chi connectivity index (χ0) is 18.1. The molecule has 2 aromatic heterocycles. The quantitative estimate of drug-likeness (QED) is 0.656. The monoisotopic (exact) mass is 405 g/mol. The maximum atomic E-state index is 12.4. The largest absolute Gasteiger partial charge is 0.321 e. The van der Waals surface area contributed by atoms with Crippen LogP contribution in [0.15, 0.2) is 52.1 Å². The number of carbonyl (C=O) groups is 1. The van der Waals surface area contributed by atoms with E-state index in [1.54, 1.807) is 28.8 Å². The Balaban J connectivity index is 1.50. The van der Waals surface area contributed by atoms with E-state index in [-0.39, 0.29) is 16.8 Å². The normalized spacial score (nSPS) is 14.3. The van der Waals surface area contributed by atoms with Crippen LogP contribution in [0, 0.1) is 0 Å². The second-order valence-electron chi connectivity index (χ2n) is 5.89. The first kappa shape index (κ1) is 17.3. The van der Waals surface area contributed by atoms with Crippen molar-refractivity contribution in [1.82, 2.24) is 9.71 Å². The fourth-order valence-electron chi connectivity index (χ4n) is 2.32. The van der Waals surface area contributed by atoms with Crippen LogP contribution in [-0.4, -0.2) is 25.4 Å². The summed E-state index contributed by atoms with van der Waals surface area (Å²) >= 11 is 2.96. The minimum absolute atomic E-state index is 0.0314. The van der Waals surface area contributed by atoms with E-state index < -0.39 is 10.0 Å². The van der Waals surface area contributed by atoms with Gasteiger partial charge in [-0.15, -0.1) is 22.7 Å². The number of hydrogen-bond acceptors (Lipinski definition) is 6. The molecule has 0 atom stereocenters. The van der Waals surface area contributed by atoms with Crippen LogP contribution in [-0.2, 0) is 10.0 Å². The fourth-order valence-corrected chi connectivity index (χ4v) is 5.28. The number of anilines is 1. The predicted octanol–water partition coefficient (Wildman–Crippen LogP) is 3.56. The number of carbonyl (C=O) groups excluding carboxylic acids is 1. The zero-order valence-electron chi connectivity index (χ0n) is 13.5. The van der Waals surface area contributed by atoms with E-state index in [9.17, 15) is 13.2 Å². The highest BCUT2D eigenvalue weighted by Gasteiger charge is 2.28. The van der Waals surface area contributed by atoms with Crippen molar-refractivity contribution in [1.29, 1.82) is 0 Å². The smallest absolute Gasteiger partial charge is 0.275 e. The number of aromatic nitrogens is 1. The minimum Gasteiger partial charge on any atom is -0.321 e. The third-order valence-corrected chi connectivity index (χ3v) is 7.17. The molecule has 26 heavy (non-hydrogen) atoms. The lowest BCUT2D eigenvalue weighted by Gasteiger charge is -2.08. The molecule has 0 radical (unpaired) electrons. The summed E-state index contributed by atoms with van der Waals surface area (Å²) in [6, 6.07) is 10.1. The SMILES string of the molecule is O=C(Nc1cccc(S(=O)(=O)NC2CC2)c1)c1csc(-c2cccs2)n1. The number of nitrogens with one attached hydrogen (secondary N) is 2. The number of nitrogens with zero attached hydrogens (tertiary/aromatic N) is 1. The average Bonchev–Trinajstić information content (AvgIpc) is 3.09. The van der Waals surface area contributed by atoms with Crippen LogP contribution in [0.25, 0.3) is 9.88 Å². The zero-order valence-corrected chi connectivity index (χ0v) is 16.0. The summed E-state index contributed by atoms with van der Waals surface area (Å²) in [4.78, 5) is 17.9. The molecule has 0 saturated heterocycles. The van der Waals surface area contributed by atoms with E-state index in [1.165, 1.54) is 23.5 Å². The van der Waals surface area contributed by atoms with Gasteiger partial charge in [-0.25, -0.2) is 18.1 Å². The van der Waals surface area contributed by atoms with Crippen molar-refractivity contribution in [2.45, 2.75) is 23.8 Å². The summed E-state index contributed by atoms with van der Waals surface area (Å²) in [5.74, 6) is -0.367. The first-order chi connectivity index (χ1) is 12.5. The standard InChI is InChI=1S/C17H15N3O3S3/c21-16(14-10-25-17(19-14)15-5-2-8-24-15)18-12-3-1-4-13(9-12)26(22,23)20-11-6-7-11/h1-5,8-11,20H,6-7H2,(H,18,21). The second kappa shape index (κ2) is 6.92. The molecule has 1 aliphatic rings. The second-order valence-corrected chi connectivity index (χ2v) is 9.41. The van der Waals surface area contributed by atoms with Crippen LogP contribution in [0.5, 0.6) is 0 Å². The summed E-state index contributed by atoms with van der Waals surface area (Å²) < 4.78 is 27.2. The van der Waals surface area contributed by atoms with Gasteiger partial charge in [-0.2, -0.15) is 0 Å². The van der Waals surface area contributed by atoms with E-state index in [0.29, 0.717) is 11.4 Å². The van der Waals surface area contributed by atoms with Gasteiger partial charge in [-0.1, -0.05) is 12.1 Å². The van der Waals surface area contributed by atoms with E-state index in [4.69, 9.17) is 0 Å². The number of sulfonamides is 1. The lowest BCUT2D eigenvalue weighted by atomic mass is 10.3. The highest BCUT2D eigenvalue weighted by molar-refractivity contribution is 7.89. The summed E-state index contributed by atoms with van der Waals surface area (Å²) in [6.45, 7) is 0. The molecule has 134 valence electrons. The van der Waals surface area contributed by atoms with E-state index in [1.807, 2.05) is 17.5 Å². The first-order valence-corrected chi connectivity index (χ1v) is 11.2. The third-order valence-electron chi connectivity index (χ3n) is 3.77. The molecule has 2 heterocycles. The number of hydrogen-bond donors (Lipinski definition) is 2. The molecular weight excluding hydrogens is 390 g/mol. The molecule has 1 aromatic carbocycles. The molecule has 1 amide bonds. The topological polar surface area (TPSA) is 88.2 Å². The van der Waals surface area contributed by atoms with Gasteiger partial charge in [0.1, 0.15) is 10.7 Å². The van der Waals surface area contributed by atoms with Gasteiger partial charge in [0, 0.05) is 17.1 Å². The lowest BCUT2D eigenvalue weighted by Crippen LogP contribution is -2.25. The molecule has 1 fully saturated rings. The van der Waals surface area contributed by atoms with Gasteiger partial charge in [0.2, 0.25) is 10.0 Å². The van der Waals surface area contributed by atoms with Crippen LogP contribution in [0.1, 0.15) is 23.3 Å². The summed E-state index contributed by atoms with van der Waals surface area (Å²) in [5, 5.41) is 7.15. The molecule has 0 spiro atoms. The molecule has 6 nitrogen and oxygen atoms in total. The number of thiazole rings is 1. The number of rotatable bonds is 6. The highest BCUT2D eigenvalue weighted by atomic mass is 32.2. The van der Waals surface area contributed by atoms with E-state index >= 15 is 0 Å². The van der Waals surface area contributed by atoms with Crippen LogP contribution < -0.4 is 10.0 Å². The Morgan fingerprint density at radius 1 is 1.15 bits per heavy atom. The summed E-state index contributed by atoms with van der Waals surface area (Å²) in [5.41, 5.74) is 0.724. The molecule has 0 unspecified atom stereocenters. The Morgan fingerprint density at radius 3 is 2.73 bits per heavy atom. The molecule has 1 aliphatic carbocycles. The van der Waals surface area contributed by atoms with Gasteiger partial charge in [-0.05, 0) is 42.5 Å². The van der Waals surface area contributed by atoms with Crippen molar-refractivity contribution in [2.75, 3.05) is 5.32 Å². The molecule has 9 heteroatoms. The Kier molecular flexibility index (Phi) is 4.62. The van der Waals surface area contributed by atoms with Gasteiger partial charge in [0.05, 0.1) is 9.77 Å². The molecule has 4 rings (SSSR count). The van der Waals surface area contributed by atoms with Gasteiger partial charge in [-0.3, -0.25) is 4.79 Å². The Morgan fingerprint density at radius 2 is 2.00 bits per heavy atom. The minimum atomic E-state index is -3.56. The molecule has 0 bridgehead atoms. The molecule has 3 aromatic rings. The van der Waals surface area contributed by atoms with E-state index in [0.717, 1.165) is 22.7 Å². The van der Waals surface area contributed by atoms with Crippen molar-refractivity contribution >= 4 is 44.3 Å². The van der Waals surface area contributed by atoms with Crippen molar-refractivity contribution in [3.05, 3.63) is 52.9 Å². The lowest BCUT2D eigenvalue weighted by molar-refractivity contribution is 0.102. The van der Waals surface area contributed by atoms with Gasteiger partial charge in [0.25, 0.3) is 5.91 Å². The Bertz CT molecular complexity index is 1040. The molecule has 2 N–H and O–H groups in total. The number of benzene rings is 1. The van der Waals surface area contributed by atoms with Crippen LogP contribution in [0.2, 0.25) is 0 Å². The van der Waals surface area contributed by atoms with Crippen LogP contribution >= 0.6 is 22.7 Å². The average molecular weight is 406 g/mol. The molecule has 1 saturated carbocycles. The Labute approximate surface area is 159 Å². The van der Waals surface area contributed by atoms with Crippen LogP contribution in [0.4, 0.5) is 5.69 Å². The maximum absolute atomic E-state index is 12.4. The van der Waals surface area contributed by atoms with Gasteiger partial charge >= 0.3 is 0 Å². The predicted molar refractivity (Wildman–Crippen MR) is 103 cm³/mol. The molecule has 0 aliphatic heterocycles. The fraction of sp³-hybridized carbons (Fsp3) is 0.176. The number of amides is 1. The van der Waals surface area contributed by atoms with Gasteiger partial charge < -0.3 is 5.32 Å². The Hall–Kier alpha value is -2.07. The summed E-state index contributed by atoms with van der Waals surface area (Å²) in [6.07, 6.45) is 1.73. The third kappa shape index (κ3) is 3.85. The van der Waals surface area contributed by atoms with Crippen molar-refractivity contribution in [2.24, 2.45) is 0 Å². The summed E-state index contributed by atoms with van der Waals surface area (Å²) in [7, 11) is -3.56. The van der Waals surface area contributed by atoms with Crippen molar-refractivity contribution in [3.63, 3.8) is 0 Å². The van der Waals surface area contributed by atoms with Crippen molar-refractivity contribution < 1.29 is 13.2 Å². The maximum Gasteiger partial charge on any atom is 0.275 e. The first-order valence-electron chi connectivity index (χ1n) is 7.94. The van der Waals surface area contributed by atoms with Gasteiger partial charge in [0.15, 0.2) is 0 Å².